The Hall–Kier alpha value is -2.24. The van der Waals surface area contributed by atoms with E-state index >= 15 is 0 Å². The number of methoxy groups -OCH3 is 1. The van der Waals surface area contributed by atoms with Crippen LogP contribution in [0.25, 0.3) is 0 Å². The van der Waals surface area contributed by atoms with Crippen molar-refractivity contribution in [3.8, 4) is 5.75 Å². The Morgan fingerprint density at radius 1 is 1.15 bits per heavy atom. The minimum atomic E-state index is -0.301. The highest BCUT2D eigenvalue weighted by Crippen LogP contribution is 2.23. The first-order valence-electron chi connectivity index (χ1n) is 10.0. The zero-order chi connectivity index (χ0) is 19.2. The number of hydrogen-bond acceptors (Lipinski definition) is 3. The summed E-state index contributed by atoms with van der Waals surface area (Å²) >= 11 is 0. The topological polar surface area (TPSA) is 61.9 Å². The summed E-state index contributed by atoms with van der Waals surface area (Å²) in [6, 6.07) is 7.39. The van der Waals surface area contributed by atoms with E-state index in [0.29, 0.717) is 25.4 Å². The molecule has 0 aliphatic carbocycles. The third-order valence-electron chi connectivity index (χ3n) is 5.76. The highest BCUT2D eigenvalue weighted by molar-refractivity contribution is 5.87. The van der Waals surface area contributed by atoms with Crippen LogP contribution < -0.4 is 10.1 Å². The molecule has 0 bridgehead atoms. The summed E-state index contributed by atoms with van der Waals surface area (Å²) in [6.07, 6.45) is 4.48. The van der Waals surface area contributed by atoms with Gasteiger partial charge in [-0.2, -0.15) is 0 Å². The van der Waals surface area contributed by atoms with E-state index in [1.165, 1.54) is 0 Å². The van der Waals surface area contributed by atoms with Gasteiger partial charge in [0.1, 0.15) is 11.8 Å². The maximum absolute atomic E-state index is 12.9. The molecule has 2 saturated heterocycles. The van der Waals surface area contributed by atoms with Gasteiger partial charge in [-0.25, -0.2) is 4.79 Å². The number of ether oxygens (including phenoxy) is 1. The zero-order valence-corrected chi connectivity index (χ0v) is 16.4. The molecule has 1 unspecified atom stereocenters. The van der Waals surface area contributed by atoms with Gasteiger partial charge in [-0.3, -0.25) is 4.79 Å². The average molecular weight is 373 g/mol. The molecule has 1 N–H and O–H groups in total. The maximum Gasteiger partial charge on any atom is 0.318 e. The van der Waals surface area contributed by atoms with E-state index in [0.717, 1.165) is 50.1 Å². The van der Waals surface area contributed by atoms with Crippen molar-refractivity contribution in [3.63, 3.8) is 0 Å². The fourth-order valence-corrected chi connectivity index (χ4v) is 4.02. The van der Waals surface area contributed by atoms with Gasteiger partial charge in [0.25, 0.3) is 0 Å². The second kappa shape index (κ2) is 9.11. The fraction of sp³-hybridized carbons (Fsp3) is 0.619. The highest BCUT2D eigenvalue weighted by atomic mass is 16.5. The summed E-state index contributed by atoms with van der Waals surface area (Å²) in [5, 5.41) is 2.98. The molecule has 1 aromatic rings. The number of piperidine rings is 1. The number of nitrogens with zero attached hydrogens (tertiary/aromatic N) is 2. The molecule has 148 valence electrons. The van der Waals surface area contributed by atoms with Crippen LogP contribution >= 0.6 is 0 Å². The van der Waals surface area contributed by atoms with Gasteiger partial charge in [0, 0.05) is 26.2 Å². The minimum Gasteiger partial charge on any atom is -0.496 e. The number of benzene rings is 1. The standard InChI is InChI=1S/C21H31N3O3/c1-16-10-14-23(15-11-16)20(25)18-7-5-13-24(18)21(26)22-12-9-17-6-3-4-8-19(17)27-2/h3-4,6,8,16,18H,5,7,9-15H2,1-2H3,(H,22,26). The van der Waals surface area contributed by atoms with Crippen molar-refractivity contribution < 1.29 is 14.3 Å². The summed E-state index contributed by atoms with van der Waals surface area (Å²) in [5.74, 6) is 1.64. The number of hydrogen-bond donors (Lipinski definition) is 1. The molecule has 2 aliphatic rings. The summed E-state index contributed by atoms with van der Waals surface area (Å²) in [5.41, 5.74) is 1.07. The van der Waals surface area contributed by atoms with Crippen LogP contribution in [0.5, 0.6) is 5.75 Å². The Labute approximate surface area is 161 Å². The molecule has 6 nitrogen and oxygen atoms in total. The van der Waals surface area contributed by atoms with Crippen LogP contribution in [0.3, 0.4) is 0 Å². The van der Waals surface area contributed by atoms with Crippen LogP contribution in [0.4, 0.5) is 4.79 Å². The molecule has 3 rings (SSSR count). The quantitative estimate of drug-likeness (QED) is 0.863. The molecule has 6 heteroatoms. The van der Waals surface area contributed by atoms with Gasteiger partial charge in [-0.05, 0) is 49.7 Å². The number of carbonyl (C=O) groups is 2. The second-order valence-corrected chi connectivity index (χ2v) is 7.65. The molecule has 1 aromatic carbocycles. The Morgan fingerprint density at radius 2 is 1.89 bits per heavy atom. The van der Waals surface area contributed by atoms with Gasteiger partial charge in [-0.15, -0.1) is 0 Å². The highest BCUT2D eigenvalue weighted by Gasteiger charge is 2.37. The first kappa shape index (κ1) is 19.5. The largest absolute Gasteiger partial charge is 0.496 e. The third kappa shape index (κ3) is 4.73. The van der Waals surface area contributed by atoms with Crippen molar-refractivity contribution in [1.82, 2.24) is 15.1 Å². The van der Waals surface area contributed by atoms with Gasteiger partial charge in [-0.1, -0.05) is 25.1 Å². The SMILES string of the molecule is COc1ccccc1CCNC(=O)N1CCCC1C(=O)N1CCC(C)CC1. The van der Waals surface area contributed by atoms with E-state index < -0.39 is 0 Å². The summed E-state index contributed by atoms with van der Waals surface area (Å²) < 4.78 is 5.35. The molecular formula is C21H31N3O3. The van der Waals surface area contributed by atoms with Crippen LogP contribution in [0.2, 0.25) is 0 Å². The lowest BCUT2D eigenvalue weighted by atomic mass is 9.98. The Morgan fingerprint density at radius 3 is 2.63 bits per heavy atom. The molecule has 1 atom stereocenters. The number of urea groups is 1. The van der Waals surface area contributed by atoms with E-state index in [1.54, 1.807) is 12.0 Å². The van der Waals surface area contributed by atoms with E-state index in [4.69, 9.17) is 4.74 Å². The van der Waals surface area contributed by atoms with Crippen molar-refractivity contribution in [3.05, 3.63) is 29.8 Å². The molecule has 0 saturated carbocycles. The van der Waals surface area contributed by atoms with Gasteiger partial charge in [0.05, 0.1) is 7.11 Å². The molecule has 27 heavy (non-hydrogen) atoms. The van der Waals surface area contributed by atoms with E-state index in [2.05, 4.69) is 12.2 Å². The fourth-order valence-electron chi connectivity index (χ4n) is 4.02. The van der Waals surface area contributed by atoms with Gasteiger partial charge >= 0.3 is 6.03 Å². The van der Waals surface area contributed by atoms with E-state index in [-0.39, 0.29) is 18.0 Å². The molecule has 2 aliphatic heterocycles. The van der Waals surface area contributed by atoms with Crippen molar-refractivity contribution in [2.24, 2.45) is 5.92 Å². The van der Waals surface area contributed by atoms with Gasteiger partial charge in [0.2, 0.25) is 5.91 Å². The van der Waals surface area contributed by atoms with Crippen molar-refractivity contribution >= 4 is 11.9 Å². The lowest BCUT2D eigenvalue weighted by molar-refractivity contribution is -0.136. The molecule has 2 heterocycles. The average Bonchev–Trinajstić information content (AvgIpc) is 3.18. The minimum absolute atomic E-state index is 0.124. The smallest absolute Gasteiger partial charge is 0.318 e. The van der Waals surface area contributed by atoms with Gasteiger partial charge in [0.15, 0.2) is 0 Å². The van der Waals surface area contributed by atoms with Crippen LogP contribution in [0.15, 0.2) is 24.3 Å². The number of nitrogens with one attached hydrogen (secondary N) is 1. The predicted molar refractivity (Wildman–Crippen MR) is 105 cm³/mol. The van der Waals surface area contributed by atoms with Crippen LogP contribution in [0, 0.1) is 5.92 Å². The molecule has 0 radical (unpaired) electrons. The molecule has 3 amide bonds. The van der Waals surface area contributed by atoms with Crippen LogP contribution in [-0.2, 0) is 11.2 Å². The second-order valence-electron chi connectivity index (χ2n) is 7.65. The predicted octanol–water partition coefficient (Wildman–Crippen LogP) is 2.67. The molecule has 0 aromatic heterocycles. The molecule has 2 fully saturated rings. The monoisotopic (exact) mass is 373 g/mol. The number of likely N-dealkylation sites (tertiary alicyclic amines) is 2. The lowest BCUT2D eigenvalue weighted by Crippen LogP contribution is -2.52. The van der Waals surface area contributed by atoms with Gasteiger partial charge < -0.3 is 19.9 Å². The van der Waals surface area contributed by atoms with Crippen molar-refractivity contribution in [1.29, 1.82) is 0 Å². The first-order chi connectivity index (χ1) is 13.1. The number of para-hydroxylation sites is 1. The van der Waals surface area contributed by atoms with E-state index in [1.807, 2.05) is 29.2 Å². The Kier molecular flexibility index (Phi) is 6.58. The van der Waals surface area contributed by atoms with Crippen LogP contribution in [-0.4, -0.2) is 61.1 Å². The first-order valence-corrected chi connectivity index (χ1v) is 10.0. The summed E-state index contributed by atoms with van der Waals surface area (Å²) in [7, 11) is 1.65. The van der Waals surface area contributed by atoms with E-state index in [9.17, 15) is 9.59 Å². The third-order valence-corrected chi connectivity index (χ3v) is 5.76. The van der Waals surface area contributed by atoms with Crippen LogP contribution in [0.1, 0.15) is 38.2 Å². The zero-order valence-electron chi connectivity index (χ0n) is 16.4. The van der Waals surface area contributed by atoms with Crippen molar-refractivity contribution in [2.45, 2.75) is 45.1 Å². The summed E-state index contributed by atoms with van der Waals surface area (Å²) in [6.45, 7) is 5.05. The summed E-state index contributed by atoms with van der Waals surface area (Å²) in [4.78, 5) is 29.2. The van der Waals surface area contributed by atoms with Crippen molar-refractivity contribution in [2.75, 3.05) is 33.3 Å². The maximum atomic E-state index is 12.9. The Bertz CT molecular complexity index is 656. The molecule has 0 spiro atoms. The lowest BCUT2D eigenvalue weighted by Gasteiger charge is -2.34. The Balaban J connectivity index is 1.52. The normalized spacial score (nSPS) is 20.6. The number of rotatable bonds is 5. The molecular weight excluding hydrogens is 342 g/mol. The number of amides is 3. The number of carbonyl (C=O) groups excluding carboxylic acids is 2.